The van der Waals surface area contributed by atoms with Crippen molar-refractivity contribution >= 4 is 17.6 Å². The summed E-state index contributed by atoms with van der Waals surface area (Å²) in [7, 11) is 1.27. The second-order valence-electron chi connectivity index (χ2n) is 8.23. The molecule has 168 valence electrons. The van der Waals surface area contributed by atoms with Gasteiger partial charge in [0, 0.05) is 11.1 Å². The van der Waals surface area contributed by atoms with Crippen LogP contribution in [0.3, 0.4) is 0 Å². The largest absolute Gasteiger partial charge is 0.464 e. The van der Waals surface area contributed by atoms with Crippen molar-refractivity contribution in [1.82, 2.24) is 5.32 Å². The minimum absolute atomic E-state index is 0.396. The Morgan fingerprint density at radius 3 is 2.09 bits per heavy atom. The smallest absolute Gasteiger partial charge is 0.375 e. The van der Waals surface area contributed by atoms with Gasteiger partial charge >= 0.3 is 11.7 Å². The van der Waals surface area contributed by atoms with Crippen LogP contribution in [0.2, 0.25) is 0 Å². The molecule has 0 fully saturated rings. The van der Waals surface area contributed by atoms with Gasteiger partial charge in [0.1, 0.15) is 11.6 Å². The quantitative estimate of drug-likeness (QED) is 0.593. The number of esters is 1. The van der Waals surface area contributed by atoms with Crippen molar-refractivity contribution in [1.29, 1.82) is 0 Å². The number of rotatable bonds is 5. The van der Waals surface area contributed by atoms with E-state index >= 15 is 0 Å². The lowest BCUT2D eigenvalue weighted by Gasteiger charge is -2.32. The van der Waals surface area contributed by atoms with Gasteiger partial charge in [-0.2, -0.15) is 0 Å². The van der Waals surface area contributed by atoms with Gasteiger partial charge in [-0.05, 0) is 49.6 Å². The molecule has 6 heteroatoms. The second kappa shape index (κ2) is 8.90. The summed E-state index contributed by atoms with van der Waals surface area (Å²) in [4.78, 5) is 32.3. The van der Waals surface area contributed by atoms with Crippen molar-refractivity contribution in [3.05, 3.63) is 106 Å². The summed E-state index contributed by atoms with van der Waals surface area (Å²) in [6, 6.07) is 22.2. The zero-order valence-corrected chi connectivity index (χ0v) is 19.1. The molecule has 6 nitrogen and oxygen atoms in total. The average Bonchev–Trinajstić information content (AvgIpc) is 3.18. The molecular formula is C27H26N2O4. The third-order valence-electron chi connectivity index (χ3n) is 5.86. The Hall–Kier alpha value is -3.93. The van der Waals surface area contributed by atoms with E-state index in [1.807, 2.05) is 57.2 Å². The molecule has 1 heterocycles. The van der Waals surface area contributed by atoms with Gasteiger partial charge in [-0.1, -0.05) is 71.4 Å². The fourth-order valence-electron chi connectivity index (χ4n) is 4.51. The Morgan fingerprint density at radius 1 is 0.939 bits per heavy atom. The lowest BCUT2D eigenvalue weighted by molar-refractivity contribution is -0.171. The van der Waals surface area contributed by atoms with E-state index in [-0.39, 0.29) is 0 Å². The number of oxime groups is 1. The number of ether oxygens (including phenoxy) is 1. The van der Waals surface area contributed by atoms with Crippen molar-refractivity contribution < 1.29 is 19.2 Å². The van der Waals surface area contributed by atoms with E-state index in [9.17, 15) is 9.59 Å². The third kappa shape index (κ3) is 4.00. The first kappa shape index (κ1) is 22.3. The van der Waals surface area contributed by atoms with Crippen molar-refractivity contribution in [2.24, 2.45) is 5.16 Å². The van der Waals surface area contributed by atoms with Crippen molar-refractivity contribution in [3.63, 3.8) is 0 Å². The number of hydrogen-bond acceptors (Lipinski definition) is 5. The van der Waals surface area contributed by atoms with Crippen LogP contribution in [-0.2, 0) is 14.4 Å². The molecule has 2 atom stereocenters. The SMILES string of the molecule is COC(=O)[C@]1(NC(=O)c2ccccc2)ON=C(c2c(C)cc(C)cc2C)[C@H]1c1ccccc1. The van der Waals surface area contributed by atoms with E-state index in [4.69, 9.17) is 9.57 Å². The molecule has 1 N–H and O–H groups in total. The second-order valence-corrected chi connectivity index (χ2v) is 8.23. The van der Waals surface area contributed by atoms with Gasteiger partial charge in [-0.15, -0.1) is 0 Å². The summed E-state index contributed by atoms with van der Waals surface area (Å²) in [6.45, 7) is 6.03. The molecule has 1 aliphatic rings. The number of hydrogen-bond donors (Lipinski definition) is 1. The Bertz CT molecular complexity index is 1200. The lowest BCUT2D eigenvalue weighted by atomic mass is 9.79. The molecule has 0 spiro atoms. The van der Waals surface area contributed by atoms with E-state index in [1.54, 1.807) is 24.3 Å². The standard InChI is InChI=1S/C27H26N2O4/c1-17-15-18(2)22(19(3)16-17)24-23(20-11-7-5-8-12-20)27(33-29-24,26(31)32-4)28-25(30)21-13-9-6-10-14-21/h5-16,23H,1-4H3,(H,28,30)/t23-,27-/m1/s1. The van der Waals surface area contributed by atoms with Crippen molar-refractivity contribution in [2.45, 2.75) is 32.4 Å². The first-order valence-electron chi connectivity index (χ1n) is 10.7. The molecule has 3 aromatic carbocycles. The minimum Gasteiger partial charge on any atom is -0.464 e. The zero-order chi connectivity index (χ0) is 23.6. The summed E-state index contributed by atoms with van der Waals surface area (Å²) in [6.07, 6.45) is 0. The van der Waals surface area contributed by atoms with Crippen LogP contribution >= 0.6 is 0 Å². The molecule has 4 rings (SSSR count). The molecule has 1 aliphatic heterocycles. The Kier molecular flexibility index (Phi) is 6.01. The summed E-state index contributed by atoms with van der Waals surface area (Å²) in [5.74, 6) is -1.92. The topological polar surface area (TPSA) is 77.0 Å². The van der Waals surface area contributed by atoms with Crippen LogP contribution in [0.25, 0.3) is 0 Å². The van der Waals surface area contributed by atoms with Gasteiger partial charge in [-0.25, -0.2) is 4.79 Å². The predicted molar refractivity (Wildman–Crippen MR) is 126 cm³/mol. The predicted octanol–water partition coefficient (Wildman–Crippen LogP) is 4.43. The maximum atomic E-state index is 13.3. The van der Waals surface area contributed by atoms with Crippen LogP contribution in [0.1, 0.15) is 44.1 Å². The summed E-state index contributed by atoms with van der Waals surface area (Å²) >= 11 is 0. The lowest BCUT2D eigenvalue weighted by Crippen LogP contribution is -2.59. The molecule has 0 unspecified atom stereocenters. The fourth-order valence-corrected chi connectivity index (χ4v) is 4.51. The van der Waals surface area contributed by atoms with Crippen LogP contribution < -0.4 is 5.32 Å². The Labute approximate surface area is 193 Å². The van der Waals surface area contributed by atoms with E-state index in [0.29, 0.717) is 11.3 Å². The maximum Gasteiger partial charge on any atom is 0.375 e. The molecule has 0 radical (unpaired) electrons. The van der Waals surface area contributed by atoms with Crippen molar-refractivity contribution in [3.8, 4) is 0 Å². The van der Waals surface area contributed by atoms with Gasteiger partial charge in [0.25, 0.3) is 5.91 Å². The molecular weight excluding hydrogens is 416 g/mol. The van der Waals surface area contributed by atoms with Crippen LogP contribution in [0.5, 0.6) is 0 Å². The normalized spacial score (nSPS) is 19.4. The highest BCUT2D eigenvalue weighted by atomic mass is 16.7. The first-order valence-corrected chi connectivity index (χ1v) is 10.7. The zero-order valence-electron chi connectivity index (χ0n) is 19.1. The number of amides is 1. The van der Waals surface area contributed by atoms with E-state index in [1.165, 1.54) is 7.11 Å². The summed E-state index contributed by atoms with van der Waals surface area (Å²) in [5.41, 5.74) is 3.89. The minimum atomic E-state index is -1.86. The van der Waals surface area contributed by atoms with Gasteiger partial charge in [-0.3, -0.25) is 4.79 Å². The monoisotopic (exact) mass is 442 g/mol. The number of benzene rings is 3. The summed E-state index contributed by atoms with van der Waals surface area (Å²) in [5, 5.41) is 7.19. The Morgan fingerprint density at radius 2 is 1.52 bits per heavy atom. The number of carbonyl (C=O) groups excluding carboxylic acids is 2. The van der Waals surface area contributed by atoms with Crippen LogP contribution in [0.15, 0.2) is 78.0 Å². The molecule has 1 amide bonds. The van der Waals surface area contributed by atoms with Gasteiger partial charge in [0.15, 0.2) is 0 Å². The number of nitrogens with one attached hydrogen (secondary N) is 1. The maximum absolute atomic E-state index is 13.3. The van der Waals surface area contributed by atoms with E-state index in [0.717, 1.165) is 27.8 Å². The summed E-state index contributed by atoms with van der Waals surface area (Å²) < 4.78 is 5.14. The average molecular weight is 443 g/mol. The molecule has 0 aromatic heterocycles. The molecule has 0 bridgehead atoms. The first-order chi connectivity index (χ1) is 15.9. The van der Waals surface area contributed by atoms with Gasteiger partial charge in [0.05, 0.1) is 7.11 Å². The highest BCUT2D eigenvalue weighted by Crippen LogP contribution is 2.41. The van der Waals surface area contributed by atoms with Gasteiger partial charge < -0.3 is 14.9 Å². The number of nitrogens with zero attached hydrogens (tertiary/aromatic N) is 1. The van der Waals surface area contributed by atoms with Crippen LogP contribution in [0, 0.1) is 20.8 Å². The van der Waals surface area contributed by atoms with Crippen molar-refractivity contribution in [2.75, 3.05) is 7.11 Å². The molecule has 0 saturated carbocycles. The molecule has 0 aliphatic carbocycles. The van der Waals surface area contributed by atoms with Crippen LogP contribution in [-0.4, -0.2) is 30.4 Å². The molecule has 33 heavy (non-hydrogen) atoms. The van der Waals surface area contributed by atoms with Gasteiger partial charge in [0.2, 0.25) is 0 Å². The number of carbonyl (C=O) groups is 2. The molecule has 0 saturated heterocycles. The highest BCUT2D eigenvalue weighted by Gasteiger charge is 2.58. The van der Waals surface area contributed by atoms with Crippen LogP contribution in [0.4, 0.5) is 0 Å². The van der Waals surface area contributed by atoms with E-state index < -0.39 is 23.5 Å². The Balaban J connectivity index is 1.88. The highest BCUT2D eigenvalue weighted by molar-refractivity contribution is 6.12. The third-order valence-corrected chi connectivity index (χ3v) is 5.86. The number of aryl methyl sites for hydroxylation is 3. The van der Waals surface area contributed by atoms with E-state index in [2.05, 4.69) is 22.6 Å². The number of methoxy groups -OCH3 is 1. The molecule has 3 aromatic rings. The fraction of sp³-hybridized carbons (Fsp3) is 0.222.